The van der Waals surface area contributed by atoms with E-state index in [9.17, 15) is 31.5 Å². The molecule has 0 aliphatic carbocycles. The van der Waals surface area contributed by atoms with Crippen molar-refractivity contribution in [3.63, 3.8) is 0 Å². The van der Waals surface area contributed by atoms with Crippen LogP contribution in [-0.2, 0) is 20.4 Å². The highest BCUT2D eigenvalue weighted by Crippen LogP contribution is 2.42. The molecule has 1 aromatic heterocycles. The van der Waals surface area contributed by atoms with Gasteiger partial charge in [0.25, 0.3) is 0 Å². The number of anilines is 1. The second-order valence-corrected chi connectivity index (χ2v) is 9.56. The number of carbonyl (C=O) groups excluding carboxylic acids is 1. The van der Waals surface area contributed by atoms with Crippen LogP contribution in [0, 0.1) is 6.92 Å². The van der Waals surface area contributed by atoms with Gasteiger partial charge < -0.3 is 14.8 Å². The van der Waals surface area contributed by atoms with E-state index in [-0.39, 0.29) is 16.3 Å². The predicted octanol–water partition coefficient (Wildman–Crippen LogP) is 3.44. The molecule has 11 heteroatoms. The third-order valence-electron chi connectivity index (χ3n) is 3.90. The van der Waals surface area contributed by atoms with Crippen molar-refractivity contribution in [3.05, 3.63) is 47.9 Å². The Morgan fingerprint density at radius 3 is 2.27 bits per heavy atom. The first kappa shape index (κ1) is 23.9. The van der Waals surface area contributed by atoms with Crippen LogP contribution in [0.3, 0.4) is 0 Å². The molecule has 0 bridgehead atoms. The number of aliphatic hydroxyl groups is 1. The SMILES string of the molecule is Cc1ccc(C(O)(CC(=O)Nc2cccc(S(=O)(=O)NC(C)(C)C)c2)C(F)(F)F)o1. The van der Waals surface area contributed by atoms with Gasteiger partial charge in [-0.05, 0) is 58.0 Å². The van der Waals surface area contributed by atoms with Crippen molar-refractivity contribution in [2.75, 3.05) is 5.32 Å². The molecule has 0 spiro atoms. The topological polar surface area (TPSA) is 109 Å². The van der Waals surface area contributed by atoms with E-state index in [1.807, 2.05) is 0 Å². The highest BCUT2D eigenvalue weighted by molar-refractivity contribution is 7.89. The molecule has 0 aliphatic rings. The van der Waals surface area contributed by atoms with Gasteiger partial charge in [-0.25, -0.2) is 13.1 Å². The Morgan fingerprint density at radius 1 is 1.13 bits per heavy atom. The number of hydrogen-bond donors (Lipinski definition) is 3. The minimum Gasteiger partial charge on any atom is -0.463 e. The number of alkyl halides is 3. The Balaban J connectivity index is 2.25. The molecule has 1 unspecified atom stereocenters. The van der Waals surface area contributed by atoms with Crippen LogP contribution in [0.1, 0.15) is 38.7 Å². The van der Waals surface area contributed by atoms with E-state index in [0.717, 1.165) is 12.1 Å². The predicted molar refractivity (Wildman–Crippen MR) is 103 cm³/mol. The summed E-state index contributed by atoms with van der Waals surface area (Å²) in [6.45, 7) is 6.33. The van der Waals surface area contributed by atoms with Gasteiger partial charge in [0, 0.05) is 11.2 Å². The molecule has 1 atom stereocenters. The lowest BCUT2D eigenvalue weighted by molar-refractivity contribution is -0.272. The molecule has 0 aliphatic heterocycles. The summed E-state index contributed by atoms with van der Waals surface area (Å²) in [7, 11) is -3.92. The molecule has 1 amide bonds. The monoisotopic (exact) mass is 448 g/mol. The number of furan rings is 1. The van der Waals surface area contributed by atoms with Crippen LogP contribution in [-0.4, -0.2) is 31.1 Å². The lowest BCUT2D eigenvalue weighted by atomic mass is 9.95. The summed E-state index contributed by atoms with van der Waals surface area (Å²) in [4.78, 5) is 12.1. The zero-order valence-electron chi connectivity index (χ0n) is 16.8. The number of carbonyl (C=O) groups is 1. The fourth-order valence-electron chi connectivity index (χ4n) is 2.62. The van der Waals surface area contributed by atoms with Gasteiger partial charge in [0.1, 0.15) is 11.5 Å². The minimum absolute atomic E-state index is 0.0445. The van der Waals surface area contributed by atoms with E-state index in [4.69, 9.17) is 4.42 Å². The summed E-state index contributed by atoms with van der Waals surface area (Å²) in [6.07, 6.45) is -6.56. The lowest BCUT2D eigenvalue weighted by Gasteiger charge is -2.28. The van der Waals surface area contributed by atoms with Gasteiger partial charge in [0.2, 0.25) is 21.5 Å². The van der Waals surface area contributed by atoms with Gasteiger partial charge in [-0.3, -0.25) is 4.79 Å². The third kappa shape index (κ3) is 5.61. The quantitative estimate of drug-likeness (QED) is 0.627. The van der Waals surface area contributed by atoms with E-state index in [2.05, 4.69) is 10.0 Å². The Hall–Kier alpha value is -2.37. The van der Waals surface area contributed by atoms with Crippen molar-refractivity contribution in [1.29, 1.82) is 0 Å². The number of nitrogens with one attached hydrogen (secondary N) is 2. The normalized spacial score (nSPS) is 14.9. The average Bonchev–Trinajstić information content (AvgIpc) is 2.98. The molecule has 2 rings (SSSR count). The first-order chi connectivity index (χ1) is 13.5. The van der Waals surface area contributed by atoms with Crippen molar-refractivity contribution < 1.29 is 35.9 Å². The molecular formula is C19H23F3N2O5S. The summed E-state index contributed by atoms with van der Waals surface area (Å²) in [6, 6.07) is 7.22. The summed E-state index contributed by atoms with van der Waals surface area (Å²) < 4.78 is 72.6. The molecule has 30 heavy (non-hydrogen) atoms. The molecule has 0 radical (unpaired) electrons. The second kappa shape index (κ2) is 8.05. The number of sulfonamides is 1. The van der Waals surface area contributed by atoms with Gasteiger partial charge in [0.15, 0.2) is 0 Å². The molecule has 1 heterocycles. The van der Waals surface area contributed by atoms with Crippen LogP contribution < -0.4 is 10.0 Å². The van der Waals surface area contributed by atoms with Gasteiger partial charge in [-0.2, -0.15) is 13.2 Å². The van der Waals surface area contributed by atoms with Crippen LogP contribution in [0.25, 0.3) is 0 Å². The van der Waals surface area contributed by atoms with Crippen LogP contribution in [0.2, 0.25) is 0 Å². The van der Waals surface area contributed by atoms with Crippen molar-refractivity contribution in [2.45, 2.75) is 56.3 Å². The zero-order chi connectivity index (χ0) is 23.0. The van der Waals surface area contributed by atoms with Crippen molar-refractivity contribution in [3.8, 4) is 0 Å². The maximum absolute atomic E-state index is 13.5. The van der Waals surface area contributed by atoms with Crippen LogP contribution in [0.5, 0.6) is 0 Å². The molecule has 0 saturated heterocycles. The van der Waals surface area contributed by atoms with Gasteiger partial charge in [-0.1, -0.05) is 6.07 Å². The maximum Gasteiger partial charge on any atom is 0.425 e. The molecular weight excluding hydrogens is 425 g/mol. The first-order valence-electron chi connectivity index (χ1n) is 8.83. The maximum atomic E-state index is 13.5. The van der Waals surface area contributed by atoms with Crippen molar-refractivity contribution in [2.24, 2.45) is 0 Å². The summed E-state index contributed by atoms with van der Waals surface area (Å²) >= 11 is 0. The smallest absolute Gasteiger partial charge is 0.425 e. The van der Waals surface area contributed by atoms with E-state index >= 15 is 0 Å². The van der Waals surface area contributed by atoms with Crippen LogP contribution >= 0.6 is 0 Å². The Morgan fingerprint density at radius 2 is 1.77 bits per heavy atom. The van der Waals surface area contributed by atoms with Crippen molar-refractivity contribution in [1.82, 2.24) is 4.72 Å². The average molecular weight is 448 g/mol. The Kier molecular flexibility index (Phi) is 6.41. The number of halogens is 3. The Labute approximate surface area is 172 Å². The van der Waals surface area contributed by atoms with Gasteiger partial charge in [-0.15, -0.1) is 0 Å². The highest BCUT2D eigenvalue weighted by Gasteiger charge is 2.58. The summed E-state index contributed by atoms with van der Waals surface area (Å²) in [5.41, 5.74) is -4.34. The fourth-order valence-corrected chi connectivity index (χ4v) is 4.09. The summed E-state index contributed by atoms with van der Waals surface area (Å²) in [5, 5.41) is 12.4. The molecule has 3 N–H and O–H groups in total. The largest absolute Gasteiger partial charge is 0.463 e. The minimum atomic E-state index is -5.18. The lowest BCUT2D eigenvalue weighted by Crippen LogP contribution is -2.44. The van der Waals surface area contributed by atoms with E-state index < -0.39 is 45.4 Å². The van der Waals surface area contributed by atoms with Gasteiger partial charge >= 0.3 is 6.18 Å². The second-order valence-electron chi connectivity index (χ2n) is 7.88. The Bertz CT molecular complexity index is 1030. The van der Waals surface area contributed by atoms with E-state index in [1.54, 1.807) is 20.8 Å². The van der Waals surface area contributed by atoms with Crippen LogP contribution in [0.15, 0.2) is 45.7 Å². The molecule has 0 saturated carbocycles. The molecule has 0 fully saturated rings. The number of hydrogen-bond acceptors (Lipinski definition) is 5. The number of amides is 1. The zero-order valence-corrected chi connectivity index (χ0v) is 17.6. The number of benzene rings is 1. The molecule has 2 aromatic rings. The molecule has 1 aromatic carbocycles. The number of aryl methyl sites for hydroxylation is 1. The first-order valence-corrected chi connectivity index (χ1v) is 10.3. The van der Waals surface area contributed by atoms with Gasteiger partial charge in [0.05, 0.1) is 11.3 Å². The van der Waals surface area contributed by atoms with E-state index in [0.29, 0.717) is 0 Å². The third-order valence-corrected chi connectivity index (χ3v) is 5.66. The van der Waals surface area contributed by atoms with E-state index in [1.165, 1.54) is 31.2 Å². The molecule has 7 nitrogen and oxygen atoms in total. The summed E-state index contributed by atoms with van der Waals surface area (Å²) in [5.74, 6) is -1.85. The number of rotatable bonds is 6. The van der Waals surface area contributed by atoms with Crippen molar-refractivity contribution >= 4 is 21.6 Å². The standard InChI is InChI=1S/C19H23F3N2O5S/c1-12-8-9-15(29-12)18(26,19(20,21)22)11-16(25)23-13-6-5-7-14(10-13)30(27,28)24-17(2,3)4/h5-10,24,26H,11H2,1-4H3,(H,23,25). The fraction of sp³-hybridized carbons (Fsp3) is 0.421. The highest BCUT2D eigenvalue weighted by atomic mass is 32.2. The van der Waals surface area contributed by atoms with Crippen LogP contribution in [0.4, 0.5) is 18.9 Å². The molecule has 166 valence electrons.